The highest BCUT2D eigenvalue weighted by atomic mass is 14.9. The molecule has 1 aliphatic heterocycles. The summed E-state index contributed by atoms with van der Waals surface area (Å²) < 4.78 is 0. The van der Waals surface area contributed by atoms with Gasteiger partial charge in [0.25, 0.3) is 0 Å². The van der Waals surface area contributed by atoms with E-state index in [1.54, 1.807) is 0 Å². The number of aliphatic imine (C=N–C) groups is 2. The van der Waals surface area contributed by atoms with Crippen LogP contribution in [0.2, 0.25) is 0 Å². The predicted octanol–water partition coefficient (Wildman–Crippen LogP) is 4.68. The molecule has 0 aliphatic carbocycles. The summed E-state index contributed by atoms with van der Waals surface area (Å²) in [5.41, 5.74) is 2.87. The summed E-state index contributed by atoms with van der Waals surface area (Å²) in [7, 11) is 0. The SMILES string of the molecule is CCCCC1C(C)=NC(C#N)=C(C#N)N=C1/C=C/c1ccccc1. The lowest BCUT2D eigenvalue weighted by atomic mass is 9.91. The second kappa shape index (κ2) is 8.60. The van der Waals surface area contributed by atoms with Crippen molar-refractivity contribution < 1.29 is 0 Å². The lowest BCUT2D eigenvalue weighted by molar-refractivity contribution is 0.685. The zero-order valence-corrected chi connectivity index (χ0v) is 14.0. The van der Waals surface area contributed by atoms with Gasteiger partial charge in [0.2, 0.25) is 0 Å². The van der Waals surface area contributed by atoms with E-state index >= 15 is 0 Å². The largest absolute Gasteiger partial charge is 0.243 e. The van der Waals surface area contributed by atoms with Crippen molar-refractivity contribution in [2.24, 2.45) is 15.9 Å². The summed E-state index contributed by atoms with van der Waals surface area (Å²) in [4.78, 5) is 8.81. The third-order valence-electron chi connectivity index (χ3n) is 3.92. The zero-order chi connectivity index (χ0) is 17.4. The third-order valence-corrected chi connectivity index (χ3v) is 3.92. The number of nitriles is 2. The van der Waals surface area contributed by atoms with E-state index in [2.05, 4.69) is 16.9 Å². The second-order valence-corrected chi connectivity index (χ2v) is 5.65. The Balaban J connectivity index is 2.45. The highest BCUT2D eigenvalue weighted by Crippen LogP contribution is 2.22. The fourth-order valence-electron chi connectivity index (χ4n) is 2.60. The van der Waals surface area contributed by atoms with Crippen molar-refractivity contribution in [2.45, 2.75) is 33.1 Å². The molecule has 4 heteroatoms. The molecule has 0 amide bonds. The molecule has 120 valence electrons. The Kier molecular flexibility index (Phi) is 6.23. The van der Waals surface area contributed by atoms with E-state index in [-0.39, 0.29) is 17.3 Å². The van der Waals surface area contributed by atoms with Crippen LogP contribution in [0.3, 0.4) is 0 Å². The van der Waals surface area contributed by atoms with E-state index in [1.807, 2.05) is 61.5 Å². The van der Waals surface area contributed by atoms with Crippen LogP contribution in [0.25, 0.3) is 6.08 Å². The van der Waals surface area contributed by atoms with Crippen LogP contribution in [0.4, 0.5) is 0 Å². The van der Waals surface area contributed by atoms with Gasteiger partial charge in [-0.2, -0.15) is 10.5 Å². The Labute approximate surface area is 143 Å². The quantitative estimate of drug-likeness (QED) is 0.791. The van der Waals surface area contributed by atoms with Gasteiger partial charge < -0.3 is 0 Å². The van der Waals surface area contributed by atoms with Crippen molar-refractivity contribution in [1.82, 2.24) is 0 Å². The average Bonchev–Trinajstić information content (AvgIpc) is 2.75. The molecule has 0 saturated carbocycles. The number of allylic oxidation sites excluding steroid dienone is 3. The molecule has 0 N–H and O–H groups in total. The Morgan fingerprint density at radius 3 is 2.33 bits per heavy atom. The van der Waals surface area contributed by atoms with Gasteiger partial charge in [-0.15, -0.1) is 0 Å². The molecule has 0 spiro atoms. The number of rotatable bonds is 5. The van der Waals surface area contributed by atoms with Gasteiger partial charge in [-0.25, -0.2) is 9.98 Å². The van der Waals surface area contributed by atoms with Gasteiger partial charge in [-0.05, 0) is 25.0 Å². The van der Waals surface area contributed by atoms with Gasteiger partial charge in [0.1, 0.15) is 12.1 Å². The molecule has 0 bridgehead atoms. The lowest BCUT2D eigenvalue weighted by Crippen LogP contribution is -2.20. The standard InChI is InChI=1S/C20H20N4/c1-3-4-10-17-15(2)23-19(13-21)20(14-22)24-18(17)12-11-16-8-6-5-7-9-16/h5-9,11-12,17H,3-4,10H2,1-2H3/b12-11+. The van der Waals surface area contributed by atoms with Crippen LogP contribution in [-0.2, 0) is 0 Å². The molecule has 1 atom stereocenters. The first-order chi connectivity index (χ1) is 11.7. The summed E-state index contributed by atoms with van der Waals surface area (Å²) in [5, 5.41) is 18.5. The highest BCUT2D eigenvalue weighted by Gasteiger charge is 2.22. The van der Waals surface area contributed by atoms with Crippen molar-refractivity contribution in [1.29, 1.82) is 10.5 Å². The minimum atomic E-state index is 0.0270. The van der Waals surface area contributed by atoms with Crippen LogP contribution in [-0.4, -0.2) is 11.4 Å². The molecule has 1 heterocycles. The van der Waals surface area contributed by atoms with Gasteiger partial charge in [-0.1, -0.05) is 56.2 Å². The minimum Gasteiger partial charge on any atom is -0.243 e. The number of benzene rings is 1. The minimum absolute atomic E-state index is 0.0270. The maximum Gasteiger partial charge on any atom is 0.177 e. The molecule has 4 nitrogen and oxygen atoms in total. The number of unbranched alkanes of at least 4 members (excludes halogenated alkanes) is 1. The Morgan fingerprint density at radius 1 is 1.04 bits per heavy atom. The molecule has 1 aliphatic rings. The van der Waals surface area contributed by atoms with E-state index in [1.165, 1.54) is 0 Å². The number of nitrogens with zero attached hydrogens (tertiary/aromatic N) is 4. The Bertz CT molecular complexity index is 783. The van der Waals surface area contributed by atoms with Crippen molar-refractivity contribution in [3.8, 4) is 12.1 Å². The monoisotopic (exact) mass is 316 g/mol. The average molecular weight is 316 g/mol. The van der Waals surface area contributed by atoms with Gasteiger partial charge in [0, 0.05) is 11.6 Å². The van der Waals surface area contributed by atoms with E-state index in [9.17, 15) is 10.5 Å². The maximum absolute atomic E-state index is 9.31. The second-order valence-electron chi connectivity index (χ2n) is 5.65. The fourth-order valence-corrected chi connectivity index (χ4v) is 2.60. The molecule has 0 saturated heterocycles. The normalized spacial score (nSPS) is 17.8. The first-order valence-electron chi connectivity index (χ1n) is 8.11. The number of hydrogen-bond donors (Lipinski definition) is 0. The smallest absolute Gasteiger partial charge is 0.177 e. The van der Waals surface area contributed by atoms with E-state index in [4.69, 9.17) is 0 Å². The van der Waals surface area contributed by atoms with Crippen molar-refractivity contribution in [2.75, 3.05) is 0 Å². The molecular formula is C20H20N4. The Morgan fingerprint density at radius 2 is 1.71 bits per heavy atom. The lowest BCUT2D eigenvalue weighted by Gasteiger charge is -2.15. The molecule has 1 unspecified atom stereocenters. The molecule has 24 heavy (non-hydrogen) atoms. The van der Waals surface area contributed by atoms with E-state index in [0.29, 0.717) is 0 Å². The molecule has 0 aromatic heterocycles. The van der Waals surface area contributed by atoms with E-state index < -0.39 is 0 Å². The Hall–Kier alpha value is -2.98. The maximum atomic E-state index is 9.31. The fraction of sp³-hybridized carbons (Fsp3) is 0.300. The first kappa shape index (κ1) is 17.4. The summed E-state index contributed by atoms with van der Waals surface area (Å²) >= 11 is 0. The molecule has 1 aromatic rings. The molecule has 1 aromatic carbocycles. The van der Waals surface area contributed by atoms with Crippen molar-refractivity contribution in [3.63, 3.8) is 0 Å². The molecule has 0 fully saturated rings. The van der Waals surface area contributed by atoms with Crippen LogP contribution in [0.15, 0.2) is 57.8 Å². The van der Waals surface area contributed by atoms with Crippen molar-refractivity contribution >= 4 is 17.5 Å². The first-order valence-corrected chi connectivity index (χ1v) is 8.11. The van der Waals surface area contributed by atoms with Crippen LogP contribution >= 0.6 is 0 Å². The van der Waals surface area contributed by atoms with Crippen LogP contribution in [0, 0.1) is 28.6 Å². The van der Waals surface area contributed by atoms with Crippen molar-refractivity contribution in [3.05, 3.63) is 53.4 Å². The highest BCUT2D eigenvalue weighted by molar-refractivity contribution is 6.14. The van der Waals surface area contributed by atoms with Crippen LogP contribution in [0.5, 0.6) is 0 Å². The zero-order valence-electron chi connectivity index (χ0n) is 14.0. The van der Waals surface area contributed by atoms with E-state index in [0.717, 1.165) is 36.2 Å². The summed E-state index contributed by atoms with van der Waals surface area (Å²) in [6, 6.07) is 13.9. The van der Waals surface area contributed by atoms with Gasteiger partial charge in [0.15, 0.2) is 11.4 Å². The van der Waals surface area contributed by atoms with Crippen LogP contribution < -0.4 is 0 Å². The molecular weight excluding hydrogens is 296 g/mol. The summed E-state index contributed by atoms with van der Waals surface area (Å²) in [6.07, 6.45) is 6.94. The van der Waals surface area contributed by atoms with Gasteiger partial charge in [0.05, 0.1) is 5.71 Å². The summed E-state index contributed by atoms with van der Waals surface area (Å²) in [6.45, 7) is 4.04. The van der Waals surface area contributed by atoms with Gasteiger partial charge >= 0.3 is 0 Å². The number of hydrogen-bond acceptors (Lipinski definition) is 4. The molecule has 2 rings (SSSR count). The molecule has 0 radical (unpaired) electrons. The van der Waals surface area contributed by atoms with Gasteiger partial charge in [-0.3, -0.25) is 0 Å². The van der Waals surface area contributed by atoms with Crippen LogP contribution in [0.1, 0.15) is 38.7 Å². The predicted molar refractivity (Wildman–Crippen MR) is 97.3 cm³/mol. The summed E-state index contributed by atoms with van der Waals surface area (Å²) in [5.74, 6) is 0.0270. The topological polar surface area (TPSA) is 72.3 Å². The third kappa shape index (κ3) is 4.27.